The molecule has 0 aromatic carbocycles. The smallest absolute Gasteiger partial charge is 0.128 e. The lowest BCUT2D eigenvalue weighted by atomic mass is 10.1. The van der Waals surface area contributed by atoms with Crippen molar-refractivity contribution in [3.05, 3.63) is 18.2 Å². The minimum Gasteiger partial charge on any atom is -0.381 e. The summed E-state index contributed by atoms with van der Waals surface area (Å²) in [5.74, 6) is 1.83. The predicted molar refractivity (Wildman–Crippen MR) is 61.2 cm³/mol. The second-order valence-electron chi connectivity index (χ2n) is 3.69. The Kier molecular flexibility index (Phi) is 3.40. The van der Waals surface area contributed by atoms with Crippen molar-refractivity contribution in [2.24, 2.45) is 0 Å². The molecule has 0 unspecified atom stereocenters. The number of hydrogen-bond donors (Lipinski definition) is 2. The molecule has 1 aromatic rings. The summed E-state index contributed by atoms with van der Waals surface area (Å²) in [4.78, 5) is 4.42. The van der Waals surface area contributed by atoms with Crippen LogP contribution in [0, 0.1) is 0 Å². The highest BCUT2D eigenvalue weighted by Gasteiger charge is 2.13. The molecule has 0 aliphatic carbocycles. The highest BCUT2D eigenvalue weighted by Crippen LogP contribution is 2.14. The quantitative estimate of drug-likeness (QED) is 0.792. The number of aromatic nitrogens is 1. The molecule has 2 heterocycles. The van der Waals surface area contributed by atoms with Gasteiger partial charge in [0.2, 0.25) is 0 Å². The van der Waals surface area contributed by atoms with Crippen LogP contribution in [0.1, 0.15) is 12.8 Å². The summed E-state index contributed by atoms with van der Waals surface area (Å²) in [6.07, 6.45) is 2.12. The first kappa shape index (κ1) is 10.2. The molecule has 2 N–H and O–H groups in total. The van der Waals surface area contributed by atoms with Crippen LogP contribution in [0.3, 0.4) is 0 Å². The number of anilines is 2. The average molecular weight is 207 g/mol. The number of pyridine rings is 1. The number of hydrogen-bond acceptors (Lipinski definition) is 4. The van der Waals surface area contributed by atoms with E-state index < -0.39 is 0 Å². The van der Waals surface area contributed by atoms with Crippen molar-refractivity contribution in [1.29, 1.82) is 0 Å². The van der Waals surface area contributed by atoms with Crippen LogP contribution >= 0.6 is 0 Å². The summed E-state index contributed by atoms with van der Waals surface area (Å²) < 4.78 is 5.31. The molecule has 4 nitrogen and oxygen atoms in total. The summed E-state index contributed by atoms with van der Waals surface area (Å²) in [6, 6.07) is 6.45. The molecule has 1 aromatic heterocycles. The van der Waals surface area contributed by atoms with Gasteiger partial charge in [0.1, 0.15) is 11.6 Å². The van der Waals surface area contributed by atoms with E-state index in [0.29, 0.717) is 6.04 Å². The maximum absolute atomic E-state index is 5.31. The van der Waals surface area contributed by atoms with E-state index in [2.05, 4.69) is 15.6 Å². The molecule has 4 heteroatoms. The van der Waals surface area contributed by atoms with Gasteiger partial charge in [-0.15, -0.1) is 0 Å². The van der Waals surface area contributed by atoms with Gasteiger partial charge < -0.3 is 15.4 Å². The first-order chi connectivity index (χ1) is 7.38. The van der Waals surface area contributed by atoms with E-state index in [4.69, 9.17) is 4.74 Å². The highest BCUT2D eigenvalue weighted by atomic mass is 16.5. The molecule has 0 bridgehead atoms. The highest BCUT2D eigenvalue weighted by molar-refractivity contribution is 5.45. The van der Waals surface area contributed by atoms with Crippen molar-refractivity contribution < 1.29 is 4.74 Å². The van der Waals surface area contributed by atoms with Crippen molar-refractivity contribution in [3.63, 3.8) is 0 Å². The average Bonchev–Trinajstić information content (AvgIpc) is 2.31. The maximum Gasteiger partial charge on any atom is 0.128 e. The van der Waals surface area contributed by atoms with Gasteiger partial charge in [0.15, 0.2) is 0 Å². The Hall–Kier alpha value is -1.29. The molecule has 0 spiro atoms. The van der Waals surface area contributed by atoms with E-state index in [0.717, 1.165) is 37.7 Å². The Morgan fingerprint density at radius 3 is 2.73 bits per heavy atom. The monoisotopic (exact) mass is 207 g/mol. The first-order valence-electron chi connectivity index (χ1n) is 5.37. The maximum atomic E-state index is 5.31. The Balaban J connectivity index is 1.96. The van der Waals surface area contributed by atoms with E-state index in [1.54, 1.807) is 0 Å². The summed E-state index contributed by atoms with van der Waals surface area (Å²) in [5, 5.41) is 6.45. The van der Waals surface area contributed by atoms with Crippen LogP contribution in [0.4, 0.5) is 11.6 Å². The van der Waals surface area contributed by atoms with Crippen molar-refractivity contribution in [1.82, 2.24) is 4.98 Å². The predicted octanol–water partition coefficient (Wildman–Crippen LogP) is 1.71. The minimum atomic E-state index is 0.498. The van der Waals surface area contributed by atoms with Crippen LogP contribution in [-0.2, 0) is 4.74 Å². The normalized spacial score (nSPS) is 17.4. The van der Waals surface area contributed by atoms with Crippen LogP contribution in [0.15, 0.2) is 18.2 Å². The molecule has 2 rings (SSSR count). The van der Waals surface area contributed by atoms with Crippen molar-refractivity contribution >= 4 is 11.6 Å². The fraction of sp³-hybridized carbons (Fsp3) is 0.545. The number of ether oxygens (including phenoxy) is 1. The molecule has 1 aliphatic heterocycles. The third-order valence-corrected chi connectivity index (χ3v) is 2.58. The van der Waals surface area contributed by atoms with E-state index in [-0.39, 0.29) is 0 Å². The van der Waals surface area contributed by atoms with Gasteiger partial charge in [-0.1, -0.05) is 6.07 Å². The van der Waals surface area contributed by atoms with Gasteiger partial charge >= 0.3 is 0 Å². The van der Waals surface area contributed by atoms with Gasteiger partial charge in [0.25, 0.3) is 0 Å². The zero-order chi connectivity index (χ0) is 10.5. The lowest BCUT2D eigenvalue weighted by molar-refractivity contribution is 0.0904. The molecule has 0 amide bonds. The fourth-order valence-corrected chi connectivity index (χ4v) is 1.71. The Labute approximate surface area is 90.0 Å². The third kappa shape index (κ3) is 2.83. The van der Waals surface area contributed by atoms with Crippen molar-refractivity contribution in [2.45, 2.75) is 18.9 Å². The summed E-state index contributed by atoms with van der Waals surface area (Å²) in [6.45, 7) is 1.70. The molecular formula is C11H17N3O. The van der Waals surface area contributed by atoms with E-state index in [1.807, 2.05) is 25.2 Å². The van der Waals surface area contributed by atoms with Gasteiger partial charge in [-0.3, -0.25) is 0 Å². The zero-order valence-corrected chi connectivity index (χ0v) is 8.99. The Morgan fingerprint density at radius 1 is 1.27 bits per heavy atom. The minimum absolute atomic E-state index is 0.498. The van der Waals surface area contributed by atoms with Crippen molar-refractivity contribution in [3.8, 4) is 0 Å². The largest absolute Gasteiger partial charge is 0.381 e. The number of rotatable bonds is 3. The molecular weight excluding hydrogens is 190 g/mol. The lowest BCUT2D eigenvalue weighted by Crippen LogP contribution is -2.28. The zero-order valence-electron chi connectivity index (χ0n) is 8.99. The topological polar surface area (TPSA) is 46.2 Å². The van der Waals surface area contributed by atoms with Crippen LogP contribution in [0.2, 0.25) is 0 Å². The molecule has 0 atom stereocenters. The fourth-order valence-electron chi connectivity index (χ4n) is 1.71. The second kappa shape index (κ2) is 4.98. The van der Waals surface area contributed by atoms with Crippen molar-refractivity contribution in [2.75, 3.05) is 30.9 Å². The number of nitrogens with zero attached hydrogens (tertiary/aromatic N) is 1. The van der Waals surface area contributed by atoms with Crippen LogP contribution < -0.4 is 10.6 Å². The molecule has 82 valence electrons. The van der Waals surface area contributed by atoms with Crippen LogP contribution in [0.5, 0.6) is 0 Å². The number of nitrogens with one attached hydrogen (secondary N) is 2. The molecule has 15 heavy (non-hydrogen) atoms. The van der Waals surface area contributed by atoms with E-state index in [9.17, 15) is 0 Å². The lowest BCUT2D eigenvalue weighted by Gasteiger charge is -2.23. The molecule has 0 radical (unpaired) electrons. The van der Waals surface area contributed by atoms with Gasteiger partial charge in [-0.25, -0.2) is 4.98 Å². The third-order valence-electron chi connectivity index (χ3n) is 2.58. The molecule has 0 saturated carbocycles. The summed E-state index contributed by atoms with van der Waals surface area (Å²) in [5.41, 5.74) is 0. The summed E-state index contributed by atoms with van der Waals surface area (Å²) >= 11 is 0. The Bertz CT molecular complexity index is 310. The van der Waals surface area contributed by atoms with Gasteiger partial charge in [0.05, 0.1) is 0 Å². The SMILES string of the molecule is CNc1cccc(NC2CCOCC2)n1. The van der Waals surface area contributed by atoms with E-state index >= 15 is 0 Å². The second-order valence-corrected chi connectivity index (χ2v) is 3.69. The summed E-state index contributed by atoms with van der Waals surface area (Å²) in [7, 11) is 1.88. The van der Waals surface area contributed by atoms with Crippen LogP contribution in [0.25, 0.3) is 0 Å². The van der Waals surface area contributed by atoms with E-state index in [1.165, 1.54) is 0 Å². The molecule has 1 saturated heterocycles. The molecule has 1 fully saturated rings. The van der Waals surface area contributed by atoms with Gasteiger partial charge in [0, 0.05) is 26.3 Å². The first-order valence-corrected chi connectivity index (χ1v) is 5.37. The van der Waals surface area contributed by atoms with Gasteiger partial charge in [-0.2, -0.15) is 0 Å². The Morgan fingerprint density at radius 2 is 2.00 bits per heavy atom. The molecule has 1 aliphatic rings. The standard InChI is InChI=1S/C11H17N3O/c1-12-10-3-2-4-11(14-10)13-9-5-7-15-8-6-9/h2-4,9H,5-8H2,1H3,(H2,12,13,14). The van der Waals surface area contributed by atoms with Crippen LogP contribution in [-0.4, -0.2) is 31.3 Å². The van der Waals surface area contributed by atoms with Gasteiger partial charge in [-0.05, 0) is 25.0 Å².